The number of carbonyl (C=O) groups is 1. The van der Waals surface area contributed by atoms with Gasteiger partial charge in [-0.15, -0.1) is 0 Å². The zero-order chi connectivity index (χ0) is 15.5. The maximum absolute atomic E-state index is 12.0. The van der Waals surface area contributed by atoms with Gasteiger partial charge < -0.3 is 9.84 Å². The number of hydrogen-bond donors (Lipinski definition) is 1. The molecule has 0 saturated heterocycles. The monoisotopic (exact) mass is 245 g/mol. The third-order valence-corrected chi connectivity index (χ3v) is 2.22. The van der Waals surface area contributed by atoms with Crippen molar-refractivity contribution >= 4 is 5.97 Å². The average molecular weight is 245 g/mol. The first kappa shape index (κ1) is 8.89. The SMILES string of the molecule is [2H]C([2H])(C(=O)Oc1ccccc1)C([2H])(O)c1ccccc1. The van der Waals surface area contributed by atoms with E-state index in [1.54, 1.807) is 36.4 Å². The van der Waals surface area contributed by atoms with Crippen molar-refractivity contribution < 1.29 is 18.8 Å². The largest absolute Gasteiger partial charge is 0.426 e. The predicted octanol–water partition coefficient (Wildman–Crippen LogP) is 2.72. The predicted molar refractivity (Wildman–Crippen MR) is 68.1 cm³/mol. The minimum Gasteiger partial charge on any atom is -0.426 e. The third kappa shape index (κ3) is 3.43. The summed E-state index contributed by atoms with van der Waals surface area (Å²) in [5, 5.41) is 10.2. The average Bonchev–Trinajstić information content (AvgIpc) is 2.49. The van der Waals surface area contributed by atoms with Gasteiger partial charge in [0, 0.05) is 2.74 Å². The highest BCUT2D eigenvalue weighted by Crippen LogP contribution is 2.17. The van der Waals surface area contributed by atoms with Crippen molar-refractivity contribution in [2.75, 3.05) is 0 Å². The molecule has 1 N–H and O–H groups in total. The van der Waals surface area contributed by atoms with Crippen molar-refractivity contribution in [1.29, 1.82) is 0 Å². The molecule has 18 heavy (non-hydrogen) atoms. The highest BCUT2D eigenvalue weighted by atomic mass is 16.5. The number of benzene rings is 2. The van der Waals surface area contributed by atoms with Crippen LogP contribution in [0.15, 0.2) is 60.7 Å². The molecule has 0 aliphatic heterocycles. The van der Waals surface area contributed by atoms with Crippen molar-refractivity contribution in [3.8, 4) is 5.75 Å². The summed E-state index contributed by atoms with van der Waals surface area (Å²) in [4.78, 5) is 12.0. The number of aliphatic hydroxyl groups is 1. The number of para-hydroxylation sites is 1. The summed E-state index contributed by atoms with van der Waals surface area (Å²) in [7, 11) is 0. The summed E-state index contributed by atoms with van der Waals surface area (Å²) in [5.74, 6) is -1.18. The highest BCUT2D eigenvalue weighted by Gasteiger charge is 2.14. The van der Waals surface area contributed by atoms with E-state index in [9.17, 15) is 9.90 Å². The van der Waals surface area contributed by atoms with Gasteiger partial charge in [0.2, 0.25) is 0 Å². The molecule has 92 valence electrons. The molecule has 0 spiro atoms. The zero-order valence-electron chi connectivity index (χ0n) is 12.5. The van der Waals surface area contributed by atoms with Gasteiger partial charge in [-0.25, -0.2) is 0 Å². The van der Waals surface area contributed by atoms with Gasteiger partial charge in [0.25, 0.3) is 0 Å². The van der Waals surface area contributed by atoms with Gasteiger partial charge in [-0.2, -0.15) is 0 Å². The van der Waals surface area contributed by atoms with Crippen LogP contribution in [0.3, 0.4) is 0 Å². The summed E-state index contributed by atoms with van der Waals surface area (Å²) < 4.78 is 28.3. The van der Waals surface area contributed by atoms with Crippen LogP contribution in [-0.4, -0.2) is 11.1 Å². The quantitative estimate of drug-likeness (QED) is 0.665. The summed E-state index contributed by atoms with van der Waals surface area (Å²) in [6, 6.07) is 15.5. The Morgan fingerprint density at radius 3 is 2.33 bits per heavy atom. The van der Waals surface area contributed by atoms with E-state index >= 15 is 0 Å². The lowest BCUT2D eigenvalue weighted by Crippen LogP contribution is -2.12. The number of rotatable bonds is 4. The van der Waals surface area contributed by atoms with E-state index in [1.807, 2.05) is 0 Å². The van der Waals surface area contributed by atoms with Crippen LogP contribution in [0.2, 0.25) is 0 Å². The molecule has 2 rings (SSSR count). The van der Waals surface area contributed by atoms with Gasteiger partial charge in [0.1, 0.15) is 5.75 Å². The fourth-order valence-electron chi connectivity index (χ4n) is 1.39. The number of hydrogen-bond acceptors (Lipinski definition) is 3. The lowest BCUT2D eigenvalue weighted by atomic mass is 10.1. The second-order valence-corrected chi connectivity index (χ2v) is 3.54. The Morgan fingerprint density at radius 2 is 1.72 bits per heavy atom. The van der Waals surface area contributed by atoms with Gasteiger partial charge in [0.05, 0.1) is 13.8 Å². The topological polar surface area (TPSA) is 46.5 Å². The molecule has 1 unspecified atom stereocenters. The van der Waals surface area contributed by atoms with Gasteiger partial charge >= 0.3 is 5.97 Å². The highest BCUT2D eigenvalue weighted by molar-refractivity contribution is 5.73. The molecule has 0 heterocycles. The maximum Gasteiger partial charge on any atom is 0.314 e. The van der Waals surface area contributed by atoms with Crippen LogP contribution in [0.25, 0.3) is 0 Å². The molecule has 0 radical (unpaired) electrons. The van der Waals surface area contributed by atoms with Crippen LogP contribution in [0.4, 0.5) is 0 Å². The van der Waals surface area contributed by atoms with Crippen LogP contribution in [0.1, 0.15) is 22.1 Å². The molecule has 0 aliphatic carbocycles. The molecule has 2 aromatic rings. The Hall–Kier alpha value is -2.13. The van der Waals surface area contributed by atoms with E-state index in [4.69, 9.17) is 8.85 Å². The lowest BCUT2D eigenvalue weighted by molar-refractivity contribution is -0.136. The molecule has 0 aliphatic rings. The second kappa shape index (κ2) is 5.98. The number of ether oxygens (including phenoxy) is 1. The molecular weight excluding hydrogens is 228 g/mol. The summed E-state index contributed by atoms with van der Waals surface area (Å²) >= 11 is 0. The standard InChI is InChI=1S/C15H14O3/c16-14(12-7-3-1-4-8-12)11-15(17)18-13-9-5-2-6-10-13/h1-10,14,16H,11H2/i11D2,14D. The van der Waals surface area contributed by atoms with Crippen molar-refractivity contribution in [3.63, 3.8) is 0 Å². The van der Waals surface area contributed by atoms with E-state index in [1.165, 1.54) is 24.3 Å². The molecule has 0 bridgehead atoms. The lowest BCUT2D eigenvalue weighted by Gasteiger charge is -2.10. The van der Waals surface area contributed by atoms with Crippen LogP contribution in [0.5, 0.6) is 5.75 Å². The summed E-state index contributed by atoms with van der Waals surface area (Å²) in [6.45, 7) is 0. The first-order valence-corrected chi connectivity index (χ1v) is 5.41. The van der Waals surface area contributed by atoms with Gasteiger partial charge in [0.15, 0.2) is 0 Å². The maximum atomic E-state index is 12.0. The summed E-state index contributed by atoms with van der Waals surface area (Å²) in [5.41, 5.74) is -0.0278. The number of carbonyl (C=O) groups excluding carboxylic acids is 1. The van der Waals surface area contributed by atoms with E-state index in [-0.39, 0.29) is 11.3 Å². The Bertz CT molecular complexity index is 613. The normalized spacial score (nSPS) is 16.8. The first-order valence-electron chi connectivity index (χ1n) is 6.91. The van der Waals surface area contributed by atoms with Crippen molar-refractivity contribution in [2.24, 2.45) is 0 Å². The fourth-order valence-corrected chi connectivity index (χ4v) is 1.39. The van der Waals surface area contributed by atoms with Crippen molar-refractivity contribution in [3.05, 3.63) is 66.2 Å². The van der Waals surface area contributed by atoms with E-state index in [2.05, 4.69) is 0 Å². The third-order valence-electron chi connectivity index (χ3n) is 2.22. The molecule has 0 amide bonds. The van der Waals surface area contributed by atoms with Crippen molar-refractivity contribution in [1.82, 2.24) is 0 Å². The minimum atomic E-state index is -2.93. The zero-order valence-corrected chi connectivity index (χ0v) is 9.54. The minimum absolute atomic E-state index is 0.0278. The number of esters is 1. The van der Waals surface area contributed by atoms with Gasteiger partial charge in [-0.05, 0) is 17.7 Å². The fraction of sp³-hybridized carbons (Fsp3) is 0.133. The van der Waals surface area contributed by atoms with Crippen LogP contribution in [-0.2, 0) is 4.79 Å². The molecule has 3 nitrogen and oxygen atoms in total. The molecule has 0 saturated carbocycles. The smallest absolute Gasteiger partial charge is 0.314 e. The molecule has 1 atom stereocenters. The molecule has 2 aromatic carbocycles. The Morgan fingerprint density at radius 1 is 1.17 bits per heavy atom. The van der Waals surface area contributed by atoms with Gasteiger partial charge in [-0.1, -0.05) is 48.5 Å². The van der Waals surface area contributed by atoms with Crippen LogP contribution < -0.4 is 4.74 Å². The van der Waals surface area contributed by atoms with Gasteiger partial charge in [-0.3, -0.25) is 4.79 Å². The van der Waals surface area contributed by atoms with E-state index in [0.717, 1.165) is 0 Å². The van der Waals surface area contributed by atoms with E-state index < -0.39 is 18.4 Å². The Labute approximate surface area is 110 Å². The van der Waals surface area contributed by atoms with E-state index in [0.29, 0.717) is 0 Å². The molecule has 3 heteroatoms. The first-order chi connectivity index (χ1) is 9.85. The summed E-state index contributed by atoms with van der Waals surface area (Å²) in [6.07, 6.45) is -5.68. The second-order valence-electron chi connectivity index (χ2n) is 3.54. The van der Waals surface area contributed by atoms with Crippen molar-refractivity contribution in [2.45, 2.75) is 12.5 Å². The van der Waals surface area contributed by atoms with Crippen LogP contribution in [0, 0.1) is 0 Å². The van der Waals surface area contributed by atoms with Crippen LogP contribution >= 0.6 is 0 Å². The Kier molecular flexibility index (Phi) is 2.95. The molecular formula is C15H14O3. The molecule has 0 aromatic heterocycles. The molecule has 0 fully saturated rings. The Balaban J connectivity index is 2.26.